The van der Waals surface area contributed by atoms with E-state index in [1.807, 2.05) is 0 Å². The number of hydrogen-bond donors (Lipinski definition) is 2. The van der Waals surface area contributed by atoms with Gasteiger partial charge < -0.3 is 14.9 Å². The fraction of sp³-hybridized carbons (Fsp3) is 0.905. The van der Waals surface area contributed by atoms with Crippen LogP contribution in [0.15, 0.2) is 11.6 Å². The second-order valence-electron chi connectivity index (χ2n) is 9.83. The van der Waals surface area contributed by atoms with Gasteiger partial charge in [-0.2, -0.15) is 0 Å². The first-order chi connectivity index (χ1) is 11.4. The van der Waals surface area contributed by atoms with Crippen LogP contribution in [0.1, 0.15) is 65.2 Å². The highest BCUT2D eigenvalue weighted by atomic mass is 16.6. The summed E-state index contributed by atoms with van der Waals surface area (Å²) in [5.41, 5.74) is 2.12. The summed E-state index contributed by atoms with van der Waals surface area (Å²) in [6.45, 7) is 5.14. The van der Waals surface area contributed by atoms with E-state index in [0.29, 0.717) is 5.41 Å². The maximum Gasteiger partial charge on any atom is 0.111 e. The molecule has 5 rings (SSSR count). The number of fused-ring (bicyclic) bond motifs is 6. The minimum absolute atomic E-state index is 0.00889. The molecule has 0 aromatic carbocycles. The summed E-state index contributed by atoms with van der Waals surface area (Å²) in [6, 6.07) is 0. The van der Waals surface area contributed by atoms with Crippen LogP contribution < -0.4 is 0 Å². The molecule has 134 valence electrons. The molecule has 1 heterocycles. The molecule has 4 aliphatic carbocycles. The molecule has 0 aromatic rings. The molecule has 0 aromatic heterocycles. The Kier molecular flexibility index (Phi) is 3.21. The first-order valence-electron chi connectivity index (χ1n) is 10.1. The van der Waals surface area contributed by atoms with Crippen molar-refractivity contribution >= 4 is 0 Å². The fourth-order valence-electron chi connectivity index (χ4n) is 7.80. The van der Waals surface area contributed by atoms with Crippen LogP contribution in [0.2, 0.25) is 0 Å². The average Bonchev–Trinajstić information content (AvgIpc) is 3.21. The first-order valence-corrected chi connectivity index (χ1v) is 10.1. The van der Waals surface area contributed by atoms with Crippen molar-refractivity contribution < 1.29 is 14.9 Å². The Bertz CT molecular complexity index is 586. The predicted molar refractivity (Wildman–Crippen MR) is 92.4 cm³/mol. The number of epoxide rings is 1. The third kappa shape index (κ3) is 1.74. The Hall–Kier alpha value is -0.380. The maximum absolute atomic E-state index is 10.1. The molecule has 1 spiro atoms. The van der Waals surface area contributed by atoms with E-state index in [-0.39, 0.29) is 29.8 Å². The Morgan fingerprint density at radius 1 is 1.12 bits per heavy atom. The van der Waals surface area contributed by atoms with Crippen molar-refractivity contribution in [1.29, 1.82) is 0 Å². The van der Waals surface area contributed by atoms with Crippen LogP contribution in [0.25, 0.3) is 0 Å². The summed E-state index contributed by atoms with van der Waals surface area (Å²) in [6.07, 6.45) is 11.7. The second kappa shape index (κ2) is 4.86. The third-order valence-electron chi connectivity index (χ3n) is 9.24. The van der Waals surface area contributed by atoms with Gasteiger partial charge in [0.1, 0.15) is 11.7 Å². The SMILES string of the molecule is C[C@]12CC[C@H](O)CC1=CCC1C2CC[C@@]2(C)C1CC[C@@]21O[C@H]1CO. The monoisotopic (exact) mass is 332 g/mol. The van der Waals surface area contributed by atoms with E-state index in [4.69, 9.17) is 4.74 Å². The minimum atomic E-state index is -0.116. The van der Waals surface area contributed by atoms with Crippen LogP contribution in [0.3, 0.4) is 0 Å². The zero-order valence-corrected chi connectivity index (χ0v) is 15.1. The number of aliphatic hydroxyl groups is 2. The third-order valence-corrected chi connectivity index (χ3v) is 9.24. The van der Waals surface area contributed by atoms with Crippen molar-refractivity contribution in [2.24, 2.45) is 28.6 Å². The van der Waals surface area contributed by atoms with Gasteiger partial charge in [0.2, 0.25) is 0 Å². The van der Waals surface area contributed by atoms with Crippen molar-refractivity contribution in [1.82, 2.24) is 0 Å². The minimum Gasteiger partial charge on any atom is -0.394 e. The molecule has 3 nitrogen and oxygen atoms in total. The molecule has 4 fully saturated rings. The van der Waals surface area contributed by atoms with Crippen LogP contribution in [0.5, 0.6) is 0 Å². The lowest BCUT2D eigenvalue weighted by Crippen LogP contribution is -2.52. The van der Waals surface area contributed by atoms with E-state index in [0.717, 1.165) is 43.4 Å². The van der Waals surface area contributed by atoms with E-state index in [1.165, 1.54) is 25.7 Å². The Morgan fingerprint density at radius 3 is 2.67 bits per heavy atom. The van der Waals surface area contributed by atoms with Gasteiger partial charge in [0.25, 0.3) is 0 Å². The normalized spacial score (nSPS) is 58.7. The van der Waals surface area contributed by atoms with Gasteiger partial charge in [-0.25, -0.2) is 0 Å². The van der Waals surface area contributed by atoms with Crippen LogP contribution in [0, 0.1) is 28.6 Å². The number of hydrogen-bond acceptors (Lipinski definition) is 3. The highest BCUT2D eigenvalue weighted by Gasteiger charge is 2.74. The largest absolute Gasteiger partial charge is 0.394 e. The first kappa shape index (κ1) is 15.8. The fourth-order valence-corrected chi connectivity index (χ4v) is 7.80. The summed E-state index contributed by atoms with van der Waals surface area (Å²) in [5, 5.41) is 19.7. The molecular formula is C21H32O3. The number of allylic oxidation sites excluding steroid dienone is 1. The predicted octanol–water partition coefficient (Wildman–Crippen LogP) is 3.44. The molecule has 5 aliphatic rings. The zero-order valence-electron chi connectivity index (χ0n) is 15.1. The topological polar surface area (TPSA) is 53.0 Å². The molecule has 0 radical (unpaired) electrons. The van der Waals surface area contributed by atoms with E-state index in [9.17, 15) is 10.2 Å². The zero-order chi connectivity index (χ0) is 16.7. The van der Waals surface area contributed by atoms with Crippen LogP contribution in [-0.4, -0.2) is 34.6 Å². The molecule has 3 heteroatoms. The molecule has 0 amide bonds. The van der Waals surface area contributed by atoms with Gasteiger partial charge in [0, 0.05) is 5.41 Å². The van der Waals surface area contributed by atoms with Gasteiger partial charge >= 0.3 is 0 Å². The highest BCUT2D eigenvalue weighted by molar-refractivity contribution is 5.28. The molecule has 0 bridgehead atoms. The van der Waals surface area contributed by atoms with Gasteiger partial charge in [-0.1, -0.05) is 25.5 Å². The van der Waals surface area contributed by atoms with Crippen LogP contribution in [-0.2, 0) is 4.74 Å². The van der Waals surface area contributed by atoms with Gasteiger partial charge in [0.05, 0.1) is 12.7 Å². The molecule has 8 atom stereocenters. The Labute approximate surface area is 145 Å². The van der Waals surface area contributed by atoms with Crippen molar-refractivity contribution in [3.05, 3.63) is 11.6 Å². The van der Waals surface area contributed by atoms with E-state index < -0.39 is 0 Å². The van der Waals surface area contributed by atoms with Crippen molar-refractivity contribution in [3.8, 4) is 0 Å². The second-order valence-corrected chi connectivity index (χ2v) is 9.83. The van der Waals surface area contributed by atoms with Gasteiger partial charge in [-0.15, -0.1) is 0 Å². The van der Waals surface area contributed by atoms with Crippen molar-refractivity contribution in [3.63, 3.8) is 0 Å². The Balaban J connectivity index is 1.47. The molecule has 1 aliphatic heterocycles. The summed E-state index contributed by atoms with van der Waals surface area (Å²) in [4.78, 5) is 0. The summed E-state index contributed by atoms with van der Waals surface area (Å²) >= 11 is 0. The smallest absolute Gasteiger partial charge is 0.111 e. The number of aliphatic hydroxyl groups excluding tert-OH is 2. The molecule has 3 saturated carbocycles. The number of rotatable bonds is 1. The van der Waals surface area contributed by atoms with Crippen LogP contribution >= 0.6 is 0 Å². The Morgan fingerprint density at radius 2 is 1.92 bits per heavy atom. The van der Waals surface area contributed by atoms with Gasteiger partial charge in [-0.3, -0.25) is 0 Å². The molecule has 24 heavy (non-hydrogen) atoms. The molecule has 2 N–H and O–H groups in total. The maximum atomic E-state index is 10.1. The van der Waals surface area contributed by atoms with E-state index in [2.05, 4.69) is 19.9 Å². The average molecular weight is 332 g/mol. The van der Waals surface area contributed by atoms with Crippen molar-refractivity contribution in [2.75, 3.05) is 6.61 Å². The highest BCUT2D eigenvalue weighted by Crippen LogP contribution is 2.72. The standard InChI is InChI=1S/C21H32O3/c1-19-8-5-14(23)11-13(19)3-4-15-16(19)6-9-20(2)17(15)7-10-21(20)18(12-22)24-21/h3,14-18,22-23H,4-12H2,1-2H3/t14-,15?,16?,17?,18-,19-,20-,21-/m0/s1. The molecular weight excluding hydrogens is 300 g/mol. The van der Waals surface area contributed by atoms with E-state index in [1.54, 1.807) is 5.57 Å². The summed E-state index contributed by atoms with van der Waals surface area (Å²) in [5.74, 6) is 2.30. The summed E-state index contributed by atoms with van der Waals surface area (Å²) < 4.78 is 6.11. The lowest BCUT2D eigenvalue weighted by molar-refractivity contribution is -0.0558. The molecule has 3 unspecified atom stereocenters. The molecule has 1 saturated heterocycles. The lowest BCUT2D eigenvalue weighted by atomic mass is 9.47. The van der Waals surface area contributed by atoms with E-state index >= 15 is 0 Å². The van der Waals surface area contributed by atoms with Gasteiger partial charge in [-0.05, 0) is 74.5 Å². The van der Waals surface area contributed by atoms with Crippen LogP contribution in [0.4, 0.5) is 0 Å². The van der Waals surface area contributed by atoms with Crippen molar-refractivity contribution in [2.45, 2.75) is 83.0 Å². The lowest BCUT2D eigenvalue weighted by Gasteiger charge is -2.57. The number of ether oxygens (including phenoxy) is 1. The quantitative estimate of drug-likeness (QED) is 0.571. The summed E-state index contributed by atoms with van der Waals surface area (Å²) in [7, 11) is 0. The van der Waals surface area contributed by atoms with Gasteiger partial charge in [0.15, 0.2) is 0 Å².